The fraction of sp³-hybridized carbons (Fsp3) is 0.368. The Kier molecular flexibility index (Phi) is 5.54. The van der Waals surface area contributed by atoms with E-state index in [1.807, 2.05) is 6.07 Å². The number of carbonyl (C=O) groups is 3. The minimum atomic E-state index is -0.287. The highest BCUT2D eigenvalue weighted by Crippen LogP contribution is 2.20. The first-order valence-electron chi connectivity index (χ1n) is 8.87. The van der Waals surface area contributed by atoms with Gasteiger partial charge in [0, 0.05) is 31.6 Å². The van der Waals surface area contributed by atoms with Gasteiger partial charge in [0.25, 0.3) is 11.8 Å². The Hall–Kier alpha value is -3.16. The highest BCUT2D eigenvalue weighted by molar-refractivity contribution is 5.97. The van der Waals surface area contributed by atoms with E-state index in [1.165, 1.54) is 10.0 Å². The van der Waals surface area contributed by atoms with Gasteiger partial charge in [-0.2, -0.15) is 0 Å². The topological polar surface area (TPSA) is 95.8 Å². The smallest absolute Gasteiger partial charge is 0.277 e. The van der Waals surface area contributed by atoms with Crippen LogP contribution in [0.25, 0.3) is 0 Å². The van der Waals surface area contributed by atoms with Crippen LogP contribution in [0.15, 0.2) is 34.9 Å². The number of benzene rings is 1. The third-order valence-electron chi connectivity index (χ3n) is 4.46. The molecule has 0 radical (unpaired) electrons. The first-order chi connectivity index (χ1) is 13.0. The van der Waals surface area contributed by atoms with Crippen LogP contribution in [0.1, 0.15) is 45.0 Å². The molecular formula is C19H22N4O4. The van der Waals surface area contributed by atoms with Crippen molar-refractivity contribution in [2.75, 3.05) is 19.6 Å². The van der Waals surface area contributed by atoms with Gasteiger partial charge in [0.05, 0.1) is 5.69 Å². The van der Waals surface area contributed by atoms with E-state index in [9.17, 15) is 14.4 Å². The predicted octanol–water partition coefficient (Wildman–Crippen LogP) is 1.70. The average Bonchev–Trinajstić information content (AvgIpc) is 3.29. The molecule has 8 heteroatoms. The number of nitrogens with zero attached hydrogens (tertiary/aromatic N) is 3. The fourth-order valence-corrected chi connectivity index (χ4v) is 3.10. The van der Waals surface area contributed by atoms with Gasteiger partial charge in [-0.3, -0.25) is 19.4 Å². The summed E-state index contributed by atoms with van der Waals surface area (Å²) in [4.78, 5) is 37.4. The summed E-state index contributed by atoms with van der Waals surface area (Å²) in [5.74, 6) is -0.285. The predicted molar refractivity (Wildman–Crippen MR) is 96.7 cm³/mol. The van der Waals surface area contributed by atoms with Gasteiger partial charge in [-0.1, -0.05) is 23.4 Å². The molecule has 2 heterocycles. The summed E-state index contributed by atoms with van der Waals surface area (Å²) in [5.41, 5.74) is 1.44. The van der Waals surface area contributed by atoms with Crippen molar-refractivity contribution in [2.24, 2.45) is 0 Å². The Morgan fingerprint density at radius 1 is 1.11 bits per heavy atom. The van der Waals surface area contributed by atoms with Crippen molar-refractivity contribution in [3.05, 3.63) is 52.9 Å². The SMILES string of the molecule is Cc1noc(C)c1C(=O)N1CCCN1C(=O)CCNC(=O)c1ccccc1. The minimum Gasteiger partial charge on any atom is -0.361 e. The van der Waals surface area contributed by atoms with Gasteiger partial charge in [0.2, 0.25) is 5.91 Å². The van der Waals surface area contributed by atoms with E-state index in [0.717, 1.165) is 0 Å². The molecule has 0 bridgehead atoms. The van der Waals surface area contributed by atoms with E-state index in [-0.39, 0.29) is 30.7 Å². The summed E-state index contributed by atoms with van der Waals surface area (Å²) < 4.78 is 5.06. The van der Waals surface area contributed by atoms with Gasteiger partial charge in [-0.15, -0.1) is 0 Å². The number of hydrogen-bond acceptors (Lipinski definition) is 5. The van der Waals surface area contributed by atoms with Crippen molar-refractivity contribution in [3.8, 4) is 0 Å². The Morgan fingerprint density at radius 3 is 2.48 bits per heavy atom. The van der Waals surface area contributed by atoms with Crippen molar-refractivity contribution < 1.29 is 18.9 Å². The first-order valence-corrected chi connectivity index (χ1v) is 8.87. The third-order valence-corrected chi connectivity index (χ3v) is 4.46. The summed E-state index contributed by atoms with van der Waals surface area (Å²) in [6.45, 7) is 4.52. The zero-order valence-corrected chi connectivity index (χ0v) is 15.4. The van der Waals surface area contributed by atoms with Crippen LogP contribution in [-0.2, 0) is 4.79 Å². The molecule has 1 fully saturated rings. The van der Waals surface area contributed by atoms with Crippen LogP contribution in [0.3, 0.4) is 0 Å². The van der Waals surface area contributed by atoms with Crippen LogP contribution >= 0.6 is 0 Å². The number of aromatic nitrogens is 1. The number of rotatable bonds is 5. The van der Waals surface area contributed by atoms with Gasteiger partial charge in [-0.05, 0) is 32.4 Å². The largest absolute Gasteiger partial charge is 0.361 e. The monoisotopic (exact) mass is 370 g/mol. The lowest BCUT2D eigenvalue weighted by Gasteiger charge is -2.27. The van der Waals surface area contributed by atoms with Gasteiger partial charge in [0.15, 0.2) is 0 Å². The quantitative estimate of drug-likeness (QED) is 0.864. The molecule has 3 amide bonds. The van der Waals surface area contributed by atoms with E-state index >= 15 is 0 Å². The lowest BCUT2D eigenvalue weighted by Crippen LogP contribution is -2.46. The van der Waals surface area contributed by atoms with Crippen LogP contribution in [0.4, 0.5) is 0 Å². The molecule has 8 nitrogen and oxygen atoms in total. The zero-order chi connectivity index (χ0) is 19.4. The fourth-order valence-electron chi connectivity index (χ4n) is 3.10. The molecule has 3 rings (SSSR count). The van der Waals surface area contributed by atoms with Gasteiger partial charge < -0.3 is 9.84 Å². The van der Waals surface area contributed by atoms with Crippen molar-refractivity contribution in [2.45, 2.75) is 26.7 Å². The van der Waals surface area contributed by atoms with Crippen LogP contribution in [0, 0.1) is 13.8 Å². The van der Waals surface area contributed by atoms with Crippen molar-refractivity contribution in [3.63, 3.8) is 0 Å². The summed E-state index contributed by atoms with van der Waals surface area (Å²) in [7, 11) is 0. The third kappa shape index (κ3) is 3.99. The lowest BCUT2D eigenvalue weighted by molar-refractivity contribution is -0.140. The normalized spacial score (nSPS) is 13.7. The molecule has 27 heavy (non-hydrogen) atoms. The number of hydrazine groups is 1. The molecule has 0 spiro atoms. The Morgan fingerprint density at radius 2 is 1.81 bits per heavy atom. The molecular weight excluding hydrogens is 348 g/mol. The first kappa shape index (κ1) is 18.6. The standard InChI is InChI=1S/C19H22N4O4/c1-13-17(14(2)27-21-13)19(26)23-12-6-11-22(23)16(24)9-10-20-18(25)15-7-4-3-5-8-15/h3-5,7-8H,6,9-12H2,1-2H3,(H,20,25). The molecule has 1 N–H and O–H groups in total. The lowest BCUT2D eigenvalue weighted by atomic mass is 10.2. The van der Waals surface area contributed by atoms with Crippen molar-refractivity contribution >= 4 is 17.7 Å². The molecule has 142 valence electrons. The highest BCUT2D eigenvalue weighted by atomic mass is 16.5. The Balaban J connectivity index is 1.57. The minimum absolute atomic E-state index is 0.115. The Bertz CT molecular complexity index is 827. The molecule has 1 aliphatic heterocycles. The molecule has 1 aromatic carbocycles. The number of hydrogen-bond donors (Lipinski definition) is 1. The van der Waals surface area contributed by atoms with E-state index in [2.05, 4.69) is 10.5 Å². The summed E-state index contributed by atoms with van der Waals surface area (Å²) in [6, 6.07) is 8.81. The summed E-state index contributed by atoms with van der Waals surface area (Å²) >= 11 is 0. The van der Waals surface area contributed by atoms with Gasteiger partial charge in [-0.25, -0.2) is 5.01 Å². The molecule has 2 aromatic rings. The maximum Gasteiger partial charge on any atom is 0.277 e. The molecule has 0 unspecified atom stereocenters. The van der Waals surface area contributed by atoms with E-state index in [4.69, 9.17) is 4.52 Å². The number of aryl methyl sites for hydroxylation is 2. The summed E-state index contributed by atoms with van der Waals surface area (Å²) in [6.07, 6.45) is 0.821. The van der Waals surface area contributed by atoms with E-state index in [0.29, 0.717) is 42.1 Å². The molecule has 1 saturated heterocycles. The number of amides is 3. The second-order valence-electron chi connectivity index (χ2n) is 6.37. The Labute approximate surface area is 157 Å². The second kappa shape index (κ2) is 8.03. The average molecular weight is 370 g/mol. The summed E-state index contributed by atoms with van der Waals surface area (Å²) in [5, 5.41) is 9.42. The van der Waals surface area contributed by atoms with Crippen LogP contribution in [-0.4, -0.2) is 52.5 Å². The van der Waals surface area contributed by atoms with Crippen LogP contribution < -0.4 is 5.32 Å². The number of nitrogens with one attached hydrogen (secondary N) is 1. The maximum absolute atomic E-state index is 12.8. The molecule has 1 aliphatic rings. The van der Waals surface area contributed by atoms with E-state index in [1.54, 1.807) is 38.1 Å². The number of carbonyl (C=O) groups excluding carboxylic acids is 3. The molecule has 0 aliphatic carbocycles. The highest BCUT2D eigenvalue weighted by Gasteiger charge is 2.33. The molecule has 0 saturated carbocycles. The van der Waals surface area contributed by atoms with Crippen molar-refractivity contribution in [1.29, 1.82) is 0 Å². The molecule has 0 atom stereocenters. The van der Waals surface area contributed by atoms with Crippen LogP contribution in [0.2, 0.25) is 0 Å². The van der Waals surface area contributed by atoms with Crippen molar-refractivity contribution in [1.82, 2.24) is 20.5 Å². The van der Waals surface area contributed by atoms with Gasteiger partial charge in [0.1, 0.15) is 11.3 Å². The van der Waals surface area contributed by atoms with Crippen LogP contribution in [0.5, 0.6) is 0 Å². The second-order valence-corrected chi connectivity index (χ2v) is 6.37. The molecule has 1 aromatic heterocycles. The maximum atomic E-state index is 12.8. The zero-order valence-electron chi connectivity index (χ0n) is 15.4. The van der Waals surface area contributed by atoms with Gasteiger partial charge >= 0.3 is 0 Å². The van der Waals surface area contributed by atoms with E-state index < -0.39 is 0 Å².